The lowest BCUT2D eigenvalue weighted by atomic mass is 10.2. The molecule has 0 saturated heterocycles. The van der Waals surface area contributed by atoms with Crippen LogP contribution in [0.15, 0.2) is 59.8 Å². The minimum absolute atomic E-state index is 0.346. The number of aryl methyl sites for hydroxylation is 1. The molecule has 3 aromatic rings. The molecule has 0 fully saturated rings. The average molecular weight is 329 g/mol. The Morgan fingerprint density at radius 2 is 1.87 bits per heavy atom. The number of hydrogen-bond donors (Lipinski definition) is 0. The van der Waals surface area contributed by atoms with E-state index in [4.69, 9.17) is 0 Å². The normalized spacial score (nSPS) is 12.1. The summed E-state index contributed by atoms with van der Waals surface area (Å²) in [5, 5.41) is 0.750. The molecule has 0 unspecified atom stereocenters. The first-order valence-corrected chi connectivity index (χ1v) is 8.84. The molecule has 23 heavy (non-hydrogen) atoms. The van der Waals surface area contributed by atoms with Gasteiger partial charge in [-0.3, -0.25) is 4.98 Å². The van der Waals surface area contributed by atoms with Crippen LogP contribution in [0.4, 0.5) is 0 Å². The number of aromatic nitrogens is 2. The van der Waals surface area contributed by atoms with E-state index in [9.17, 15) is 8.42 Å². The minimum Gasteiger partial charge on any atom is -0.349 e. The van der Waals surface area contributed by atoms with Crippen molar-refractivity contribution >= 4 is 20.9 Å². The van der Waals surface area contributed by atoms with Gasteiger partial charge in [-0.05, 0) is 18.2 Å². The Morgan fingerprint density at radius 1 is 1.13 bits per heavy atom. The van der Waals surface area contributed by atoms with Crippen LogP contribution < -0.4 is 0 Å². The highest BCUT2D eigenvalue weighted by Crippen LogP contribution is 2.26. The number of likely N-dealkylation sites (N-methyl/N-ethyl adjacent to an activating group) is 1. The first kappa shape index (κ1) is 15.7. The summed E-state index contributed by atoms with van der Waals surface area (Å²) in [5.41, 5.74) is 1.79. The summed E-state index contributed by atoms with van der Waals surface area (Å²) >= 11 is 0. The van der Waals surface area contributed by atoms with Gasteiger partial charge in [-0.2, -0.15) is 0 Å². The van der Waals surface area contributed by atoms with E-state index in [0.29, 0.717) is 17.9 Å². The van der Waals surface area contributed by atoms with E-state index in [-0.39, 0.29) is 0 Å². The van der Waals surface area contributed by atoms with Crippen molar-refractivity contribution < 1.29 is 8.42 Å². The van der Waals surface area contributed by atoms with Crippen LogP contribution in [0.25, 0.3) is 10.9 Å². The van der Waals surface area contributed by atoms with Crippen molar-refractivity contribution in [2.75, 3.05) is 13.6 Å². The first-order chi connectivity index (χ1) is 11.0. The molecule has 2 aromatic heterocycles. The van der Waals surface area contributed by atoms with Gasteiger partial charge in [0.1, 0.15) is 4.90 Å². The second-order valence-corrected chi connectivity index (χ2v) is 7.53. The fourth-order valence-electron chi connectivity index (χ4n) is 2.62. The summed E-state index contributed by atoms with van der Waals surface area (Å²) in [4.78, 5) is 4.58. The molecule has 0 bridgehead atoms. The maximum absolute atomic E-state index is 12.9. The van der Waals surface area contributed by atoms with Crippen LogP contribution in [0.5, 0.6) is 0 Å². The van der Waals surface area contributed by atoms with Crippen molar-refractivity contribution in [3.63, 3.8) is 0 Å². The monoisotopic (exact) mass is 329 g/mol. The number of fused-ring (bicyclic) bond motifs is 1. The van der Waals surface area contributed by atoms with Gasteiger partial charge in [0.15, 0.2) is 0 Å². The first-order valence-electron chi connectivity index (χ1n) is 7.40. The highest BCUT2D eigenvalue weighted by molar-refractivity contribution is 7.89. The van der Waals surface area contributed by atoms with Gasteiger partial charge in [-0.1, -0.05) is 24.3 Å². The third kappa shape index (κ3) is 3.00. The molecule has 0 spiro atoms. The molecule has 0 N–H and O–H groups in total. The lowest BCUT2D eigenvalue weighted by Gasteiger charge is -2.16. The Morgan fingerprint density at radius 3 is 2.61 bits per heavy atom. The van der Waals surface area contributed by atoms with Crippen molar-refractivity contribution in [2.24, 2.45) is 7.05 Å². The Balaban J connectivity index is 1.88. The van der Waals surface area contributed by atoms with Crippen molar-refractivity contribution in [1.29, 1.82) is 0 Å². The lowest BCUT2D eigenvalue weighted by molar-refractivity contribution is 0.471. The molecule has 120 valence electrons. The molecule has 0 radical (unpaired) electrons. The highest BCUT2D eigenvalue weighted by Gasteiger charge is 2.24. The standard InChI is InChI=1S/C17H19N3O2S/c1-19-13-17(15-8-3-4-9-16(15)19)23(21,22)20(2)12-10-14-7-5-6-11-18-14/h3-9,11,13H,10,12H2,1-2H3. The third-order valence-electron chi connectivity index (χ3n) is 3.96. The van der Waals surface area contributed by atoms with E-state index in [0.717, 1.165) is 16.6 Å². The number of hydrogen-bond acceptors (Lipinski definition) is 3. The van der Waals surface area contributed by atoms with Crippen molar-refractivity contribution in [3.8, 4) is 0 Å². The summed E-state index contributed by atoms with van der Waals surface area (Å²) in [6.45, 7) is 0.391. The SMILES string of the molecule is CN(CCc1ccccn1)S(=O)(=O)c1cn(C)c2ccccc12. The van der Waals surface area contributed by atoms with E-state index in [1.165, 1.54) is 4.31 Å². The molecular weight excluding hydrogens is 310 g/mol. The maximum Gasteiger partial charge on any atom is 0.244 e. The van der Waals surface area contributed by atoms with Crippen LogP contribution in [-0.2, 0) is 23.5 Å². The number of pyridine rings is 1. The van der Waals surface area contributed by atoms with Crippen molar-refractivity contribution in [1.82, 2.24) is 13.9 Å². The van der Waals surface area contributed by atoms with Crippen LogP contribution in [0.1, 0.15) is 5.69 Å². The van der Waals surface area contributed by atoms with Gasteiger partial charge in [0, 0.05) is 56.1 Å². The zero-order chi connectivity index (χ0) is 16.4. The number of benzene rings is 1. The van der Waals surface area contributed by atoms with Gasteiger partial charge >= 0.3 is 0 Å². The quantitative estimate of drug-likeness (QED) is 0.722. The van der Waals surface area contributed by atoms with E-state index in [1.54, 1.807) is 19.4 Å². The van der Waals surface area contributed by atoms with E-state index in [1.807, 2.05) is 54.1 Å². The zero-order valence-corrected chi connectivity index (χ0v) is 14.0. The Kier molecular flexibility index (Phi) is 4.19. The van der Waals surface area contributed by atoms with E-state index < -0.39 is 10.0 Å². The van der Waals surface area contributed by atoms with Crippen LogP contribution in [0, 0.1) is 0 Å². The lowest BCUT2D eigenvalue weighted by Crippen LogP contribution is -2.29. The number of nitrogens with zero attached hydrogens (tertiary/aromatic N) is 3. The number of para-hydroxylation sites is 1. The molecule has 0 atom stereocenters. The van der Waals surface area contributed by atoms with Gasteiger partial charge < -0.3 is 4.57 Å². The van der Waals surface area contributed by atoms with Crippen LogP contribution in [-0.4, -0.2) is 35.9 Å². The predicted octanol–water partition coefficient (Wildman–Crippen LogP) is 2.44. The maximum atomic E-state index is 12.9. The Labute approximate surface area is 136 Å². The Hall–Kier alpha value is -2.18. The molecule has 2 heterocycles. The van der Waals surface area contributed by atoms with Gasteiger partial charge in [-0.15, -0.1) is 0 Å². The summed E-state index contributed by atoms with van der Waals surface area (Å²) in [6.07, 6.45) is 3.98. The van der Waals surface area contributed by atoms with Crippen molar-refractivity contribution in [3.05, 3.63) is 60.6 Å². The molecule has 0 amide bonds. The molecular formula is C17H19N3O2S. The molecule has 3 rings (SSSR count). The molecule has 0 aliphatic heterocycles. The second-order valence-electron chi connectivity index (χ2n) is 5.52. The fraction of sp³-hybridized carbons (Fsp3) is 0.235. The number of sulfonamides is 1. The predicted molar refractivity (Wildman–Crippen MR) is 90.7 cm³/mol. The zero-order valence-electron chi connectivity index (χ0n) is 13.2. The summed E-state index contributed by atoms with van der Waals surface area (Å²) in [6, 6.07) is 13.2. The Bertz CT molecular complexity index is 917. The molecule has 0 aliphatic carbocycles. The molecule has 0 aliphatic rings. The van der Waals surface area contributed by atoms with Gasteiger partial charge in [0.25, 0.3) is 0 Å². The number of rotatable bonds is 5. The molecule has 1 aromatic carbocycles. The van der Waals surface area contributed by atoms with Crippen LogP contribution in [0.3, 0.4) is 0 Å². The fourth-order valence-corrected chi connectivity index (χ4v) is 4.03. The largest absolute Gasteiger partial charge is 0.349 e. The smallest absolute Gasteiger partial charge is 0.244 e. The van der Waals surface area contributed by atoms with E-state index >= 15 is 0 Å². The highest BCUT2D eigenvalue weighted by atomic mass is 32.2. The molecule has 5 nitrogen and oxygen atoms in total. The van der Waals surface area contributed by atoms with E-state index in [2.05, 4.69) is 4.98 Å². The van der Waals surface area contributed by atoms with Crippen molar-refractivity contribution in [2.45, 2.75) is 11.3 Å². The van der Waals surface area contributed by atoms with Gasteiger partial charge in [-0.25, -0.2) is 12.7 Å². The third-order valence-corrected chi connectivity index (χ3v) is 5.84. The second kappa shape index (κ2) is 6.14. The average Bonchev–Trinajstić information content (AvgIpc) is 2.92. The molecule has 0 saturated carbocycles. The summed E-state index contributed by atoms with van der Waals surface area (Å²) in [7, 11) is -0.0626. The van der Waals surface area contributed by atoms with Crippen LogP contribution >= 0.6 is 0 Å². The molecule has 6 heteroatoms. The van der Waals surface area contributed by atoms with Gasteiger partial charge in [0.2, 0.25) is 10.0 Å². The summed E-state index contributed by atoms with van der Waals surface area (Å²) < 4.78 is 29.0. The minimum atomic E-state index is -3.53. The topological polar surface area (TPSA) is 55.2 Å². The van der Waals surface area contributed by atoms with Crippen LogP contribution in [0.2, 0.25) is 0 Å². The summed E-state index contributed by atoms with van der Waals surface area (Å²) in [5.74, 6) is 0. The van der Waals surface area contributed by atoms with Gasteiger partial charge in [0.05, 0.1) is 0 Å².